The van der Waals surface area contributed by atoms with Gasteiger partial charge in [0.2, 0.25) is 0 Å². The number of amides is 1. The fourth-order valence-corrected chi connectivity index (χ4v) is 4.23. The molecule has 7 heteroatoms. The molecule has 1 amide bonds. The van der Waals surface area contributed by atoms with Gasteiger partial charge in [-0.15, -0.1) is 0 Å². The smallest absolute Gasteiger partial charge is 0.261 e. The molecule has 0 bridgehead atoms. The Morgan fingerprint density at radius 1 is 1.13 bits per heavy atom. The molecule has 1 aliphatic carbocycles. The average Bonchev–Trinajstić information content (AvgIpc) is 3.51. The SMILES string of the molecule is Cc1cc(C(=O)N2CCN(c3ccc4c(=O)n(CC5CC5)cnc4c3)CC2)c(C)o1. The van der Waals surface area contributed by atoms with Crippen LogP contribution in [0.5, 0.6) is 0 Å². The van der Waals surface area contributed by atoms with Gasteiger partial charge in [-0.2, -0.15) is 0 Å². The molecule has 1 saturated carbocycles. The second-order valence-corrected chi connectivity index (χ2v) is 8.45. The molecule has 2 aromatic heterocycles. The summed E-state index contributed by atoms with van der Waals surface area (Å²) >= 11 is 0. The predicted molar refractivity (Wildman–Crippen MR) is 115 cm³/mol. The molecular formula is C23H26N4O3. The van der Waals surface area contributed by atoms with Gasteiger partial charge in [0.1, 0.15) is 11.5 Å². The molecule has 0 spiro atoms. The number of anilines is 1. The van der Waals surface area contributed by atoms with E-state index in [4.69, 9.17) is 4.42 Å². The van der Waals surface area contributed by atoms with Gasteiger partial charge in [-0.05, 0) is 56.9 Å². The molecule has 2 fully saturated rings. The second kappa shape index (κ2) is 7.31. The summed E-state index contributed by atoms with van der Waals surface area (Å²) in [6.45, 7) is 7.24. The van der Waals surface area contributed by atoms with Crippen molar-refractivity contribution in [3.8, 4) is 0 Å². The molecule has 0 radical (unpaired) electrons. The average molecular weight is 406 g/mol. The van der Waals surface area contributed by atoms with Crippen LogP contribution >= 0.6 is 0 Å². The molecular weight excluding hydrogens is 380 g/mol. The summed E-state index contributed by atoms with van der Waals surface area (Å²) < 4.78 is 7.25. The van der Waals surface area contributed by atoms with Crippen LogP contribution in [0, 0.1) is 19.8 Å². The first kappa shape index (κ1) is 18.9. The van der Waals surface area contributed by atoms with Crippen molar-refractivity contribution in [3.05, 3.63) is 58.0 Å². The van der Waals surface area contributed by atoms with Crippen LogP contribution in [0.25, 0.3) is 10.9 Å². The van der Waals surface area contributed by atoms with E-state index >= 15 is 0 Å². The standard InChI is InChI=1S/C23H26N4O3/c1-15-11-20(16(2)30-15)23(29)26-9-7-25(8-10-26)18-5-6-19-21(12-18)24-14-27(22(19)28)13-17-3-4-17/h5-6,11-12,14,17H,3-4,7-10,13H2,1-2H3. The van der Waals surface area contributed by atoms with E-state index < -0.39 is 0 Å². The summed E-state index contributed by atoms with van der Waals surface area (Å²) in [6.07, 6.45) is 4.09. The van der Waals surface area contributed by atoms with Gasteiger partial charge in [-0.3, -0.25) is 14.2 Å². The van der Waals surface area contributed by atoms with Gasteiger partial charge in [0.05, 0.1) is 22.8 Å². The van der Waals surface area contributed by atoms with Crippen LogP contribution in [0.15, 0.2) is 39.8 Å². The molecule has 0 N–H and O–H groups in total. The number of carbonyl (C=O) groups is 1. The summed E-state index contributed by atoms with van der Waals surface area (Å²) in [6, 6.07) is 7.68. The number of benzene rings is 1. The first-order valence-electron chi connectivity index (χ1n) is 10.6. The zero-order valence-corrected chi connectivity index (χ0v) is 17.4. The quantitative estimate of drug-likeness (QED) is 0.666. The van der Waals surface area contributed by atoms with E-state index in [9.17, 15) is 9.59 Å². The highest BCUT2D eigenvalue weighted by molar-refractivity contribution is 5.95. The molecule has 1 aromatic carbocycles. The molecule has 7 nitrogen and oxygen atoms in total. The molecule has 2 aliphatic rings. The lowest BCUT2D eigenvalue weighted by Gasteiger charge is -2.36. The van der Waals surface area contributed by atoms with Crippen molar-refractivity contribution in [2.24, 2.45) is 5.92 Å². The third kappa shape index (κ3) is 3.49. The number of nitrogens with zero attached hydrogens (tertiary/aromatic N) is 4. The van der Waals surface area contributed by atoms with Gasteiger partial charge >= 0.3 is 0 Å². The number of rotatable bonds is 4. The van der Waals surface area contributed by atoms with Crippen molar-refractivity contribution in [2.45, 2.75) is 33.2 Å². The van der Waals surface area contributed by atoms with Crippen LogP contribution in [0.1, 0.15) is 34.7 Å². The molecule has 1 saturated heterocycles. The third-order valence-electron chi connectivity index (χ3n) is 6.16. The topological polar surface area (TPSA) is 71.6 Å². The van der Waals surface area contributed by atoms with E-state index in [1.807, 2.05) is 43.0 Å². The van der Waals surface area contributed by atoms with Crippen LogP contribution in [0.2, 0.25) is 0 Å². The number of carbonyl (C=O) groups excluding carboxylic acids is 1. The minimum absolute atomic E-state index is 0.0281. The summed E-state index contributed by atoms with van der Waals surface area (Å²) in [5.41, 5.74) is 2.46. The van der Waals surface area contributed by atoms with Crippen LogP contribution < -0.4 is 10.5 Å². The third-order valence-corrected chi connectivity index (χ3v) is 6.16. The molecule has 30 heavy (non-hydrogen) atoms. The van der Waals surface area contributed by atoms with Gasteiger partial charge in [0, 0.05) is 38.4 Å². The van der Waals surface area contributed by atoms with E-state index in [1.165, 1.54) is 12.8 Å². The largest absolute Gasteiger partial charge is 0.466 e. The number of aryl methyl sites for hydroxylation is 2. The number of hydrogen-bond acceptors (Lipinski definition) is 5. The monoisotopic (exact) mass is 406 g/mol. The lowest BCUT2D eigenvalue weighted by atomic mass is 10.1. The molecule has 3 heterocycles. The number of fused-ring (bicyclic) bond motifs is 1. The van der Waals surface area contributed by atoms with Crippen molar-refractivity contribution < 1.29 is 9.21 Å². The Morgan fingerprint density at radius 2 is 1.90 bits per heavy atom. The molecule has 1 aliphatic heterocycles. The minimum atomic E-state index is 0.0281. The normalized spacial score (nSPS) is 17.0. The van der Waals surface area contributed by atoms with Gasteiger partial charge < -0.3 is 14.2 Å². The Balaban J connectivity index is 1.30. The summed E-state index contributed by atoms with van der Waals surface area (Å²) in [4.78, 5) is 34.2. The van der Waals surface area contributed by atoms with Crippen molar-refractivity contribution in [1.29, 1.82) is 0 Å². The minimum Gasteiger partial charge on any atom is -0.466 e. The summed E-state index contributed by atoms with van der Waals surface area (Å²) in [7, 11) is 0. The Kier molecular flexibility index (Phi) is 4.60. The molecule has 5 rings (SSSR count). The number of hydrogen-bond donors (Lipinski definition) is 0. The highest BCUT2D eigenvalue weighted by atomic mass is 16.3. The van der Waals surface area contributed by atoms with E-state index in [0.717, 1.165) is 36.6 Å². The lowest BCUT2D eigenvalue weighted by Crippen LogP contribution is -2.48. The highest BCUT2D eigenvalue weighted by Gasteiger charge is 2.25. The maximum atomic E-state index is 12.8. The Hall–Kier alpha value is -3.09. The highest BCUT2D eigenvalue weighted by Crippen LogP contribution is 2.30. The fraction of sp³-hybridized carbons (Fsp3) is 0.435. The zero-order valence-electron chi connectivity index (χ0n) is 17.4. The molecule has 0 unspecified atom stereocenters. The number of piperazine rings is 1. The van der Waals surface area contributed by atoms with Gasteiger partial charge in [0.25, 0.3) is 11.5 Å². The lowest BCUT2D eigenvalue weighted by molar-refractivity contribution is 0.0745. The van der Waals surface area contributed by atoms with Crippen molar-refractivity contribution >= 4 is 22.5 Å². The first-order chi connectivity index (χ1) is 14.5. The Labute approximate surface area is 174 Å². The molecule has 3 aromatic rings. The van der Waals surface area contributed by atoms with Crippen LogP contribution in [-0.4, -0.2) is 46.5 Å². The first-order valence-corrected chi connectivity index (χ1v) is 10.6. The van der Waals surface area contributed by atoms with Crippen LogP contribution in [-0.2, 0) is 6.54 Å². The van der Waals surface area contributed by atoms with E-state index in [0.29, 0.717) is 35.7 Å². The Morgan fingerprint density at radius 3 is 2.57 bits per heavy atom. The summed E-state index contributed by atoms with van der Waals surface area (Å²) in [5, 5.41) is 0.668. The molecule has 0 atom stereocenters. The fourth-order valence-electron chi connectivity index (χ4n) is 4.23. The number of aromatic nitrogens is 2. The van der Waals surface area contributed by atoms with E-state index in [2.05, 4.69) is 9.88 Å². The van der Waals surface area contributed by atoms with Crippen LogP contribution in [0.3, 0.4) is 0 Å². The Bertz CT molecular complexity index is 1170. The summed E-state index contributed by atoms with van der Waals surface area (Å²) in [5.74, 6) is 2.09. The maximum absolute atomic E-state index is 12.8. The number of furan rings is 1. The second-order valence-electron chi connectivity index (χ2n) is 8.45. The van der Waals surface area contributed by atoms with E-state index in [1.54, 1.807) is 10.9 Å². The van der Waals surface area contributed by atoms with Crippen molar-refractivity contribution in [1.82, 2.24) is 14.5 Å². The maximum Gasteiger partial charge on any atom is 0.261 e. The van der Waals surface area contributed by atoms with Gasteiger partial charge in [-0.25, -0.2) is 4.98 Å². The van der Waals surface area contributed by atoms with Gasteiger partial charge in [-0.1, -0.05) is 0 Å². The van der Waals surface area contributed by atoms with Crippen molar-refractivity contribution in [2.75, 3.05) is 31.1 Å². The van der Waals surface area contributed by atoms with E-state index in [-0.39, 0.29) is 11.5 Å². The zero-order chi connectivity index (χ0) is 20.8. The van der Waals surface area contributed by atoms with Crippen LogP contribution in [0.4, 0.5) is 5.69 Å². The molecule has 156 valence electrons. The van der Waals surface area contributed by atoms with Crippen molar-refractivity contribution in [3.63, 3.8) is 0 Å². The predicted octanol–water partition coefficient (Wildman–Crippen LogP) is 2.98. The van der Waals surface area contributed by atoms with Gasteiger partial charge in [0.15, 0.2) is 0 Å².